The molecule has 0 saturated carbocycles. The quantitative estimate of drug-likeness (QED) is 0.0209. The molecule has 7 nitrogen and oxygen atoms in total. The van der Waals surface area contributed by atoms with Gasteiger partial charge in [0, 0.05) is 11.8 Å². The maximum absolute atomic E-state index is 13.6. The second-order valence-electron chi connectivity index (χ2n) is 17.3. The number of aliphatic hydroxyl groups is 4. The van der Waals surface area contributed by atoms with Crippen LogP contribution in [-0.2, 0) is 14.3 Å². The van der Waals surface area contributed by atoms with Crippen LogP contribution in [-0.4, -0.2) is 56.8 Å². The number of ether oxygens (including phenoxy) is 1. The first-order valence-corrected chi connectivity index (χ1v) is 24.5. The number of aliphatic hydroxyl groups excluding tert-OH is 2. The summed E-state index contributed by atoms with van der Waals surface area (Å²) in [7, 11) is 0. The van der Waals surface area contributed by atoms with Gasteiger partial charge in [0.05, 0.1) is 13.2 Å². The fourth-order valence-electron chi connectivity index (χ4n) is 7.89. The van der Waals surface area contributed by atoms with Gasteiger partial charge in [-0.05, 0) is 25.7 Å². The molecular formula is C50H94O7. The van der Waals surface area contributed by atoms with E-state index >= 15 is 0 Å². The average molecular weight is 807 g/mol. The number of rotatable bonds is 42. The lowest BCUT2D eigenvalue weighted by molar-refractivity contribution is -0.195. The average Bonchev–Trinajstić information content (AvgIpc) is 3.21. The molecule has 336 valence electrons. The molecule has 0 saturated heterocycles. The Bertz CT molecular complexity index is 904. The highest BCUT2D eigenvalue weighted by Gasteiger charge is 2.49. The second-order valence-corrected chi connectivity index (χ2v) is 17.3. The Kier molecular flexibility index (Phi) is 37.6. The molecule has 4 unspecified atom stereocenters. The summed E-state index contributed by atoms with van der Waals surface area (Å²) in [6.45, 7) is 6.74. The van der Waals surface area contributed by atoms with Crippen molar-refractivity contribution in [3.63, 3.8) is 0 Å². The van der Waals surface area contributed by atoms with Crippen molar-refractivity contribution in [3.05, 3.63) is 24.3 Å². The molecule has 0 aromatic rings. The molecule has 0 fully saturated rings. The topological polar surface area (TPSA) is 124 Å². The van der Waals surface area contributed by atoms with Crippen LogP contribution >= 0.6 is 0 Å². The van der Waals surface area contributed by atoms with Gasteiger partial charge in [0.2, 0.25) is 0 Å². The molecule has 0 bridgehead atoms. The van der Waals surface area contributed by atoms with E-state index in [2.05, 4.69) is 13.8 Å². The molecular weight excluding hydrogens is 713 g/mol. The Morgan fingerprint density at radius 2 is 0.667 bits per heavy atom. The fourth-order valence-corrected chi connectivity index (χ4v) is 7.89. The molecule has 4 N–H and O–H groups in total. The maximum Gasteiger partial charge on any atom is 0.348 e. The molecule has 57 heavy (non-hydrogen) atoms. The standard InChI is InChI=1S/C50H94O7/c1-5-9-13-15-17-19-21-23-25-27-29-31-33-37-41-45(39-35-11-7-3)49(55,43-51)47(53)57-48(54)50(56,44-52)46(40-36-12-8-4)42-38-34-32-30-28-26-24-22-20-18-16-14-10-6-2/h35-36,39-40,45-46,51-52,55-56H,5-34,37-38,41-44H2,1-4H3/b39-35+,40-36+. The molecule has 4 atom stereocenters. The number of carbonyl (C=O) groups is 2. The van der Waals surface area contributed by atoms with Gasteiger partial charge >= 0.3 is 11.9 Å². The lowest BCUT2D eigenvalue weighted by Gasteiger charge is -2.34. The highest BCUT2D eigenvalue weighted by atomic mass is 16.6. The Morgan fingerprint density at radius 3 is 0.895 bits per heavy atom. The number of carbonyl (C=O) groups excluding carboxylic acids is 2. The van der Waals surface area contributed by atoms with Crippen LogP contribution in [0, 0.1) is 11.8 Å². The van der Waals surface area contributed by atoms with Crippen molar-refractivity contribution >= 4 is 11.9 Å². The number of esters is 2. The van der Waals surface area contributed by atoms with E-state index < -0.39 is 48.2 Å². The van der Waals surface area contributed by atoms with Crippen LogP contribution in [0.2, 0.25) is 0 Å². The lowest BCUT2D eigenvalue weighted by atomic mass is 9.82. The maximum atomic E-state index is 13.6. The zero-order valence-corrected chi connectivity index (χ0v) is 37.9. The van der Waals surface area contributed by atoms with Crippen molar-refractivity contribution in [2.45, 2.75) is 257 Å². The van der Waals surface area contributed by atoms with Crippen LogP contribution in [0.1, 0.15) is 246 Å². The van der Waals surface area contributed by atoms with E-state index in [1.54, 1.807) is 12.2 Å². The monoisotopic (exact) mass is 807 g/mol. The summed E-state index contributed by atoms with van der Waals surface area (Å²) in [6.07, 6.45) is 45.7. The number of hydrogen-bond donors (Lipinski definition) is 4. The van der Waals surface area contributed by atoms with E-state index in [1.807, 2.05) is 26.0 Å². The molecule has 0 amide bonds. The van der Waals surface area contributed by atoms with Crippen molar-refractivity contribution in [2.24, 2.45) is 11.8 Å². The van der Waals surface area contributed by atoms with Gasteiger partial charge in [-0.2, -0.15) is 0 Å². The first kappa shape index (κ1) is 55.5. The largest absolute Gasteiger partial charge is 0.393 e. The van der Waals surface area contributed by atoms with Crippen LogP contribution in [0.5, 0.6) is 0 Å². The SMILES string of the molecule is CCC/C=C/C(CCCCCCCCCCCCCCCC)C(O)(CO)C(=O)OC(=O)C(O)(CO)C(/C=C/CCC)CCCCCCCCCCCCCCCC. The third-order valence-electron chi connectivity index (χ3n) is 12.0. The van der Waals surface area contributed by atoms with E-state index in [4.69, 9.17) is 4.74 Å². The van der Waals surface area contributed by atoms with Gasteiger partial charge in [0.15, 0.2) is 11.2 Å². The normalized spacial score (nSPS) is 15.2. The molecule has 0 aliphatic rings. The highest BCUT2D eigenvalue weighted by Crippen LogP contribution is 2.31. The summed E-state index contributed by atoms with van der Waals surface area (Å²) in [4.78, 5) is 27.1. The van der Waals surface area contributed by atoms with Gasteiger partial charge in [-0.1, -0.05) is 245 Å². The van der Waals surface area contributed by atoms with E-state index in [-0.39, 0.29) is 0 Å². The molecule has 0 heterocycles. The van der Waals surface area contributed by atoms with Gasteiger partial charge in [-0.3, -0.25) is 0 Å². The summed E-state index contributed by atoms with van der Waals surface area (Å²) in [5.41, 5.74) is -4.70. The van der Waals surface area contributed by atoms with E-state index in [0.717, 1.165) is 77.0 Å². The zero-order valence-electron chi connectivity index (χ0n) is 37.9. The van der Waals surface area contributed by atoms with Gasteiger partial charge < -0.3 is 25.2 Å². The van der Waals surface area contributed by atoms with Gasteiger partial charge in [-0.25, -0.2) is 9.59 Å². The van der Waals surface area contributed by atoms with Gasteiger partial charge in [0.1, 0.15) is 0 Å². The van der Waals surface area contributed by atoms with Gasteiger partial charge in [-0.15, -0.1) is 0 Å². The highest BCUT2D eigenvalue weighted by molar-refractivity contribution is 5.94. The van der Waals surface area contributed by atoms with E-state index in [1.165, 1.54) is 128 Å². The number of allylic oxidation sites excluding steroid dienone is 2. The van der Waals surface area contributed by atoms with Crippen LogP contribution in [0.3, 0.4) is 0 Å². The summed E-state index contributed by atoms with van der Waals surface area (Å²) in [5.74, 6) is -4.09. The third kappa shape index (κ3) is 27.0. The molecule has 0 rings (SSSR count). The van der Waals surface area contributed by atoms with Crippen LogP contribution < -0.4 is 0 Å². The second kappa shape index (κ2) is 38.6. The molecule has 0 aliphatic heterocycles. The first-order chi connectivity index (χ1) is 27.7. The van der Waals surface area contributed by atoms with Gasteiger partial charge in [0.25, 0.3) is 0 Å². The molecule has 0 spiro atoms. The van der Waals surface area contributed by atoms with Crippen molar-refractivity contribution in [3.8, 4) is 0 Å². The minimum Gasteiger partial charge on any atom is -0.393 e. The summed E-state index contributed by atoms with van der Waals surface area (Å²) in [6, 6.07) is 0. The molecule has 0 aromatic heterocycles. The van der Waals surface area contributed by atoms with Crippen LogP contribution in [0.25, 0.3) is 0 Å². The molecule has 0 aliphatic carbocycles. The predicted octanol–water partition coefficient (Wildman–Crippen LogP) is 13.2. The smallest absolute Gasteiger partial charge is 0.348 e. The number of hydrogen-bond acceptors (Lipinski definition) is 7. The minimum absolute atomic E-state index is 0.449. The van der Waals surface area contributed by atoms with Crippen molar-refractivity contribution < 1.29 is 34.8 Å². The lowest BCUT2D eigenvalue weighted by Crippen LogP contribution is -2.55. The Balaban J connectivity index is 5.11. The van der Waals surface area contributed by atoms with Crippen LogP contribution in [0.15, 0.2) is 24.3 Å². The van der Waals surface area contributed by atoms with Crippen molar-refractivity contribution in [1.29, 1.82) is 0 Å². The fraction of sp³-hybridized carbons (Fsp3) is 0.880. The summed E-state index contributed by atoms with van der Waals surface area (Å²) in [5, 5.41) is 44.0. The molecule has 0 radical (unpaired) electrons. The van der Waals surface area contributed by atoms with Crippen molar-refractivity contribution in [1.82, 2.24) is 0 Å². The minimum atomic E-state index is -2.35. The van der Waals surface area contributed by atoms with E-state index in [0.29, 0.717) is 12.8 Å². The molecule has 7 heteroatoms. The Morgan fingerprint density at radius 1 is 0.421 bits per heavy atom. The first-order valence-electron chi connectivity index (χ1n) is 24.5. The van der Waals surface area contributed by atoms with E-state index in [9.17, 15) is 30.0 Å². The summed E-state index contributed by atoms with van der Waals surface area (Å²) < 4.78 is 5.22. The van der Waals surface area contributed by atoms with Crippen molar-refractivity contribution in [2.75, 3.05) is 13.2 Å². The zero-order chi connectivity index (χ0) is 42.3. The Hall–Kier alpha value is -1.54. The summed E-state index contributed by atoms with van der Waals surface area (Å²) >= 11 is 0. The Labute approximate surface area is 352 Å². The number of unbranched alkanes of at least 4 members (excludes halogenated alkanes) is 28. The molecule has 0 aromatic carbocycles. The third-order valence-corrected chi connectivity index (χ3v) is 12.0. The van der Waals surface area contributed by atoms with Crippen LogP contribution in [0.4, 0.5) is 0 Å². The predicted molar refractivity (Wildman–Crippen MR) is 240 cm³/mol.